The molecule has 2 aliphatic heterocycles. The molecule has 6 nitrogen and oxygen atoms in total. The van der Waals surface area contributed by atoms with Crippen LogP contribution >= 0.6 is 0 Å². The molecule has 2 saturated heterocycles. The molecule has 6 heteroatoms. The first-order valence-corrected chi connectivity index (χ1v) is 11.0. The zero-order valence-electron chi connectivity index (χ0n) is 17.9. The molecule has 3 aromatic rings. The molecule has 0 saturated carbocycles. The van der Waals surface area contributed by atoms with Crippen LogP contribution < -0.4 is 5.32 Å². The monoisotopic (exact) mass is 403 g/mol. The quantitative estimate of drug-likeness (QED) is 0.720. The Bertz CT molecular complexity index is 1090. The molecule has 4 heterocycles. The van der Waals surface area contributed by atoms with E-state index in [-0.39, 0.29) is 11.9 Å². The van der Waals surface area contributed by atoms with Gasteiger partial charge in [0.15, 0.2) is 0 Å². The molecule has 1 aromatic carbocycles. The topological polar surface area (TPSA) is 63.1 Å². The lowest BCUT2D eigenvalue weighted by Gasteiger charge is -2.36. The predicted molar refractivity (Wildman–Crippen MR) is 118 cm³/mol. The van der Waals surface area contributed by atoms with E-state index in [0.717, 1.165) is 47.2 Å². The number of piperidine rings is 1. The molecule has 1 N–H and O–H groups in total. The van der Waals surface area contributed by atoms with E-state index in [4.69, 9.17) is 4.98 Å². The summed E-state index contributed by atoms with van der Waals surface area (Å²) >= 11 is 0. The summed E-state index contributed by atoms with van der Waals surface area (Å²) in [7, 11) is 2.22. The van der Waals surface area contributed by atoms with Crippen molar-refractivity contribution in [1.29, 1.82) is 0 Å². The maximum absolute atomic E-state index is 13.4. The average molecular weight is 404 g/mol. The number of pyridine rings is 1. The number of para-hydroxylation sites is 1. The number of rotatable bonds is 4. The Kier molecular flexibility index (Phi) is 4.82. The molecular weight excluding hydrogens is 374 g/mol. The largest absolute Gasteiger partial charge is 0.349 e. The third kappa shape index (κ3) is 3.29. The Labute approximate surface area is 177 Å². The fourth-order valence-corrected chi connectivity index (χ4v) is 5.23. The highest BCUT2D eigenvalue weighted by Gasteiger charge is 2.39. The Morgan fingerprint density at radius 1 is 1.20 bits per heavy atom. The van der Waals surface area contributed by atoms with E-state index in [1.807, 2.05) is 48.1 Å². The van der Waals surface area contributed by atoms with Gasteiger partial charge in [-0.25, -0.2) is 4.98 Å². The molecule has 0 aliphatic carbocycles. The number of amides is 1. The number of carbonyl (C=O) groups is 1. The predicted octanol–water partition coefficient (Wildman–Crippen LogP) is 3.78. The van der Waals surface area contributed by atoms with Crippen LogP contribution in [-0.4, -0.2) is 50.7 Å². The van der Waals surface area contributed by atoms with Gasteiger partial charge in [0.25, 0.3) is 5.91 Å². The Morgan fingerprint density at radius 3 is 2.63 bits per heavy atom. The molecule has 2 atom stereocenters. The van der Waals surface area contributed by atoms with Gasteiger partial charge < -0.3 is 10.2 Å². The van der Waals surface area contributed by atoms with Crippen LogP contribution in [0.2, 0.25) is 0 Å². The van der Waals surface area contributed by atoms with Gasteiger partial charge in [0, 0.05) is 41.8 Å². The van der Waals surface area contributed by atoms with Gasteiger partial charge in [0.1, 0.15) is 0 Å². The molecule has 30 heavy (non-hydrogen) atoms. The van der Waals surface area contributed by atoms with Gasteiger partial charge in [-0.2, -0.15) is 5.10 Å². The van der Waals surface area contributed by atoms with Gasteiger partial charge in [0.05, 0.1) is 22.5 Å². The van der Waals surface area contributed by atoms with Crippen molar-refractivity contribution in [1.82, 2.24) is 25.0 Å². The van der Waals surface area contributed by atoms with Crippen LogP contribution in [0, 0.1) is 6.92 Å². The van der Waals surface area contributed by atoms with E-state index < -0.39 is 0 Å². The summed E-state index contributed by atoms with van der Waals surface area (Å²) in [5, 5.41) is 8.80. The standard InChI is InChI=1S/C24H29N5O/c1-4-29-14-21(15(2)27-29)23-13-20(19-7-5-6-8-22(19)26-23)24(30)25-16-11-17-9-10-18(12-16)28(17)3/h5-8,13-14,16-18H,4,9-12H2,1-3H3,(H,25,30). The van der Waals surface area contributed by atoms with E-state index in [0.29, 0.717) is 17.6 Å². The fourth-order valence-electron chi connectivity index (χ4n) is 5.23. The van der Waals surface area contributed by atoms with Crippen molar-refractivity contribution in [2.45, 2.75) is 64.2 Å². The van der Waals surface area contributed by atoms with Gasteiger partial charge >= 0.3 is 0 Å². The summed E-state index contributed by atoms with van der Waals surface area (Å²) in [5.74, 6) is 0.00402. The molecular formula is C24H29N5O. The maximum atomic E-state index is 13.4. The van der Waals surface area contributed by atoms with Crippen LogP contribution in [0.1, 0.15) is 48.7 Å². The summed E-state index contributed by atoms with van der Waals surface area (Å²) in [6, 6.07) is 11.3. The number of nitrogens with zero attached hydrogens (tertiary/aromatic N) is 4. The number of fused-ring (bicyclic) bond motifs is 3. The minimum Gasteiger partial charge on any atom is -0.349 e. The van der Waals surface area contributed by atoms with E-state index >= 15 is 0 Å². The van der Waals surface area contributed by atoms with Crippen LogP contribution in [0.5, 0.6) is 0 Å². The molecule has 2 bridgehead atoms. The van der Waals surface area contributed by atoms with Crippen LogP contribution in [0.3, 0.4) is 0 Å². The maximum Gasteiger partial charge on any atom is 0.252 e. The lowest BCUT2D eigenvalue weighted by atomic mass is 9.97. The highest BCUT2D eigenvalue weighted by atomic mass is 16.1. The van der Waals surface area contributed by atoms with Crippen molar-refractivity contribution < 1.29 is 4.79 Å². The number of aryl methyl sites for hydroxylation is 2. The minimum atomic E-state index is 0.00402. The molecule has 5 rings (SSSR count). The third-order valence-electron chi connectivity index (χ3n) is 6.94. The number of hydrogen-bond acceptors (Lipinski definition) is 4. The zero-order chi connectivity index (χ0) is 20.8. The Morgan fingerprint density at radius 2 is 1.93 bits per heavy atom. The van der Waals surface area contributed by atoms with E-state index in [1.54, 1.807) is 0 Å². The molecule has 156 valence electrons. The molecule has 2 fully saturated rings. The van der Waals surface area contributed by atoms with Crippen LogP contribution in [-0.2, 0) is 6.54 Å². The Balaban J connectivity index is 1.50. The first kappa shape index (κ1) is 19.2. The third-order valence-corrected chi connectivity index (χ3v) is 6.94. The van der Waals surface area contributed by atoms with E-state index in [1.165, 1.54) is 12.8 Å². The average Bonchev–Trinajstić information content (AvgIpc) is 3.21. The van der Waals surface area contributed by atoms with Crippen LogP contribution in [0.25, 0.3) is 22.2 Å². The highest BCUT2D eigenvalue weighted by Crippen LogP contribution is 2.34. The molecule has 0 spiro atoms. The van der Waals surface area contributed by atoms with Gasteiger partial charge in [-0.1, -0.05) is 18.2 Å². The minimum absolute atomic E-state index is 0.00402. The van der Waals surface area contributed by atoms with E-state index in [2.05, 4.69) is 29.3 Å². The summed E-state index contributed by atoms with van der Waals surface area (Å²) in [4.78, 5) is 20.7. The lowest BCUT2D eigenvalue weighted by molar-refractivity contribution is 0.0884. The number of hydrogen-bond donors (Lipinski definition) is 1. The van der Waals surface area contributed by atoms with Crippen molar-refractivity contribution in [3.05, 3.63) is 47.8 Å². The van der Waals surface area contributed by atoms with Crippen LogP contribution in [0.15, 0.2) is 36.5 Å². The van der Waals surface area contributed by atoms with Crippen molar-refractivity contribution in [3.63, 3.8) is 0 Å². The highest BCUT2D eigenvalue weighted by molar-refractivity contribution is 6.07. The zero-order valence-corrected chi connectivity index (χ0v) is 17.9. The van der Waals surface area contributed by atoms with Gasteiger partial charge in [-0.3, -0.25) is 9.48 Å². The Hall–Kier alpha value is -2.73. The number of carbonyl (C=O) groups excluding carboxylic acids is 1. The van der Waals surface area contributed by atoms with Gasteiger partial charge in [-0.15, -0.1) is 0 Å². The van der Waals surface area contributed by atoms with E-state index in [9.17, 15) is 4.79 Å². The SMILES string of the molecule is CCn1cc(-c2cc(C(=O)NC3CC4CCC(C3)N4C)c3ccccc3n2)c(C)n1. The van der Waals surface area contributed by atoms with Gasteiger partial charge in [-0.05, 0) is 58.7 Å². The smallest absolute Gasteiger partial charge is 0.252 e. The molecule has 2 aromatic heterocycles. The van der Waals surface area contributed by atoms with Gasteiger partial charge in [0.2, 0.25) is 0 Å². The summed E-state index contributed by atoms with van der Waals surface area (Å²) in [6.07, 6.45) is 6.59. The normalized spacial score (nSPS) is 23.8. The summed E-state index contributed by atoms with van der Waals surface area (Å²) in [6.45, 7) is 4.87. The second kappa shape index (κ2) is 7.51. The second-order valence-electron chi connectivity index (χ2n) is 8.75. The molecule has 1 amide bonds. The van der Waals surface area contributed by atoms with Crippen molar-refractivity contribution >= 4 is 16.8 Å². The summed E-state index contributed by atoms with van der Waals surface area (Å²) < 4.78 is 1.91. The van der Waals surface area contributed by atoms with Crippen LogP contribution in [0.4, 0.5) is 0 Å². The molecule has 2 aliphatic rings. The van der Waals surface area contributed by atoms with Crippen molar-refractivity contribution in [2.24, 2.45) is 0 Å². The first-order valence-electron chi connectivity index (χ1n) is 11.0. The first-order chi connectivity index (χ1) is 14.5. The fraction of sp³-hybridized carbons (Fsp3) is 0.458. The summed E-state index contributed by atoms with van der Waals surface area (Å²) in [5.41, 5.74) is 4.25. The molecule has 2 unspecified atom stereocenters. The second-order valence-corrected chi connectivity index (χ2v) is 8.75. The lowest BCUT2D eigenvalue weighted by Crippen LogP contribution is -2.48. The number of aromatic nitrogens is 3. The molecule has 0 radical (unpaired) electrons. The van der Waals surface area contributed by atoms with Crippen molar-refractivity contribution in [2.75, 3.05) is 7.05 Å². The number of nitrogens with one attached hydrogen (secondary N) is 1. The number of benzene rings is 1. The van der Waals surface area contributed by atoms with Crippen molar-refractivity contribution in [3.8, 4) is 11.3 Å².